The molecule has 0 bridgehead atoms. The van der Waals surface area contributed by atoms with Crippen molar-refractivity contribution < 1.29 is 14.5 Å². The predicted octanol–water partition coefficient (Wildman–Crippen LogP) is 1.61. The molecule has 7 nitrogen and oxygen atoms in total. The summed E-state index contributed by atoms with van der Waals surface area (Å²) < 4.78 is 5.59. The van der Waals surface area contributed by atoms with E-state index in [0.29, 0.717) is 17.9 Å². The first-order valence-electron chi connectivity index (χ1n) is 6.85. The number of hydrogen-bond donors (Lipinski definition) is 2. The second kappa shape index (κ2) is 8.21. The molecule has 1 amide bonds. The van der Waals surface area contributed by atoms with Gasteiger partial charge in [-0.2, -0.15) is 0 Å². The van der Waals surface area contributed by atoms with Crippen LogP contribution in [-0.4, -0.2) is 30.5 Å². The highest BCUT2D eigenvalue weighted by Gasteiger charge is 2.17. The highest BCUT2D eigenvalue weighted by molar-refractivity contribution is 5.80. The Morgan fingerprint density at radius 1 is 1.48 bits per heavy atom. The monoisotopic (exact) mass is 295 g/mol. The molecule has 0 aliphatic rings. The number of nitro benzene ring substituents is 1. The number of likely N-dealkylation sites (N-methyl/N-ethyl adjacent to an activating group) is 1. The second-order valence-electron chi connectivity index (χ2n) is 4.60. The molecule has 1 rings (SSSR count). The molecule has 1 aromatic rings. The zero-order chi connectivity index (χ0) is 15.8. The standard InChI is InChI=1S/C14H21N3O4/c1-4-7-16-9-11-8-12(17(19)20)5-6-13(11)21-10(2)14(18)15-3/h5-6,8,10,16H,4,7,9H2,1-3H3,(H,15,18). The molecule has 0 spiro atoms. The van der Waals surface area contributed by atoms with Crippen LogP contribution in [0, 0.1) is 10.1 Å². The first-order chi connectivity index (χ1) is 9.99. The number of non-ortho nitro benzene ring substituents is 1. The van der Waals surface area contributed by atoms with E-state index < -0.39 is 11.0 Å². The maximum absolute atomic E-state index is 11.5. The number of ether oxygens (including phenoxy) is 1. The molecule has 0 saturated carbocycles. The lowest BCUT2D eigenvalue weighted by Crippen LogP contribution is -2.34. The molecule has 21 heavy (non-hydrogen) atoms. The van der Waals surface area contributed by atoms with E-state index in [0.717, 1.165) is 13.0 Å². The number of benzene rings is 1. The van der Waals surface area contributed by atoms with Crippen molar-refractivity contribution in [2.45, 2.75) is 32.9 Å². The van der Waals surface area contributed by atoms with Crippen LogP contribution in [0.4, 0.5) is 5.69 Å². The van der Waals surface area contributed by atoms with Gasteiger partial charge in [0, 0.05) is 31.3 Å². The summed E-state index contributed by atoms with van der Waals surface area (Å²) in [5.74, 6) is 0.223. The van der Waals surface area contributed by atoms with E-state index in [-0.39, 0.29) is 11.6 Å². The number of amides is 1. The summed E-state index contributed by atoms with van der Waals surface area (Å²) in [4.78, 5) is 21.9. The van der Waals surface area contributed by atoms with Gasteiger partial charge in [-0.05, 0) is 26.0 Å². The largest absolute Gasteiger partial charge is 0.481 e. The minimum absolute atomic E-state index is 0.00300. The molecule has 0 radical (unpaired) electrons. The van der Waals surface area contributed by atoms with Crippen LogP contribution < -0.4 is 15.4 Å². The van der Waals surface area contributed by atoms with E-state index in [1.807, 2.05) is 6.92 Å². The average molecular weight is 295 g/mol. The van der Waals surface area contributed by atoms with Gasteiger partial charge in [0.1, 0.15) is 5.75 Å². The number of carbonyl (C=O) groups is 1. The van der Waals surface area contributed by atoms with Crippen molar-refractivity contribution in [3.8, 4) is 5.75 Å². The first kappa shape index (κ1) is 16.9. The van der Waals surface area contributed by atoms with Gasteiger partial charge < -0.3 is 15.4 Å². The fourth-order valence-corrected chi connectivity index (χ4v) is 1.78. The van der Waals surface area contributed by atoms with Crippen molar-refractivity contribution >= 4 is 11.6 Å². The quantitative estimate of drug-likeness (QED) is 0.432. The summed E-state index contributed by atoms with van der Waals surface area (Å²) in [7, 11) is 1.53. The Kier molecular flexibility index (Phi) is 6.61. The summed E-state index contributed by atoms with van der Waals surface area (Å²) in [6, 6.07) is 4.37. The van der Waals surface area contributed by atoms with Crippen LogP contribution in [0.3, 0.4) is 0 Å². The molecule has 0 aromatic heterocycles. The van der Waals surface area contributed by atoms with Gasteiger partial charge in [0.15, 0.2) is 6.10 Å². The molecule has 7 heteroatoms. The summed E-state index contributed by atoms with van der Waals surface area (Å²) in [5, 5.41) is 16.5. The number of nitrogens with one attached hydrogen (secondary N) is 2. The molecular formula is C14H21N3O4. The van der Waals surface area contributed by atoms with Crippen molar-refractivity contribution in [1.29, 1.82) is 0 Å². The van der Waals surface area contributed by atoms with Crippen LogP contribution >= 0.6 is 0 Å². The zero-order valence-corrected chi connectivity index (χ0v) is 12.5. The number of carbonyl (C=O) groups excluding carboxylic acids is 1. The van der Waals surface area contributed by atoms with Crippen molar-refractivity contribution in [1.82, 2.24) is 10.6 Å². The third-order valence-corrected chi connectivity index (χ3v) is 2.92. The molecular weight excluding hydrogens is 274 g/mol. The van der Waals surface area contributed by atoms with Crippen LogP contribution in [0.1, 0.15) is 25.8 Å². The maximum Gasteiger partial charge on any atom is 0.270 e. The summed E-state index contributed by atoms with van der Waals surface area (Å²) in [5.41, 5.74) is 0.664. The third-order valence-electron chi connectivity index (χ3n) is 2.92. The zero-order valence-electron chi connectivity index (χ0n) is 12.5. The lowest BCUT2D eigenvalue weighted by atomic mass is 10.1. The molecule has 0 aliphatic carbocycles. The predicted molar refractivity (Wildman–Crippen MR) is 79.3 cm³/mol. The van der Waals surface area contributed by atoms with E-state index in [2.05, 4.69) is 10.6 Å². The third kappa shape index (κ3) is 5.03. The maximum atomic E-state index is 11.5. The Morgan fingerprint density at radius 2 is 2.19 bits per heavy atom. The van der Waals surface area contributed by atoms with Crippen molar-refractivity contribution in [2.75, 3.05) is 13.6 Å². The lowest BCUT2D eigenvalue weighted by molar-refractivity contribution is -0.384. The van der Waals surface area contributed by atoms with Gasteiger partial charge in [0.05, 0.1) is 4.92 Å². The summed E-state index contributed by atoms with van der Waals surface area (Å²) in [6.07, 6.45) is 0.293. The van der Waals surface area contributed by atoms with Crippen molar-refractivity contribution in [3.05, 3.63) is 33.9 Å². The van der Waals surface area contributed by atoms with Crippen LogP contribution in [0.15, 0.2) is 18.2 Å². The molecule has 0 heterocycles. The minimum atomic E-state index is -0.665. The van der Waals surface area contributed by atoms with E-state index >= 15 is 0 Å². The van der Waals surface area contributed by atoms with Gasteiger partial charge in [-0.15, -0.1) is 0 Å². The Bertz CT molecular complexity index is 505. The van der Waals surface area contributed by atoms with Gasteiger partial charge in [-0.3, -0.25) is 14.9 Å². The Balaban J connectivity index is 2.94. The van der Waals surface area contributed by atoms with Crippen molar-refractivity contribution in [3.63, 3.8) is 0 Å². The number of nitro groups is 1. The van der Waals surface area contributed by atoms with Gasteiger partial charge in [-0.25, -0.2) is 0 Å². The molecule has 116 valence electrons. The molecule has 1 aromatic carbocycles. The minimum Gasteiger partial charge on any atom is -0.481 e. The van der Waals surface area contributed by atoms with E-state index in [1.54, 1.807) is 6.92 Å². The smallest absolute Gasteiger partial charge is 0.270 e. The molecule has 0 saturated heterocycles. The number of hydrogen-bond acceptors (Lipinski definition) is 5. The van der Waals surface area contributed by atoms with Crippen LogP contribution in [-0.2, 0) is 11.3 Å². The second-order valence-corrected chi connectivity index (χ2v) is 4.60. The normalized spacial score (nSPS) is 11.8. The van der Waals surface area contributed by atoms with Gasteiger partial charge in [-0.1, -0.05) is 6.92 Å². The highest BCUT2D eigenvalue weighted by Crippen LogP contribution is 2.25. The molecule has 0 aliphatic heterocycles. The van der Waals surface area contributed by atoms with Gasteiger partial charge >= 0.3 is 0 Å². The Hall–Kier alpha value is -2.15. The molecule has 1 atom stereocenters. The SMILES string of the molecule is CCCNCc1cc([N+](=O)[O-])ccc1OC(C)C(=O)NC. The molecule has 2 N–H and O–H groups in total. The van der Waals surface area contributed by atoms with Gasteiger partial charge in [0.2, 0.25) is 0 Å². The fourth-order valence-electron chi connectivity index (χ4n) is 1.78. The van der Waals surface area contributed by atoms with E-state index in [4.69, 9.17) is 4.74 Å². The first-order valence-corrected chi connectivity index (χ1v) is 6.85. The van der Waals surface area contributed by atoms with Crippen LogP contribution in [0.5, 0.6) is 5.75 Å². The summed E-state index contributed by atoms with van der Waals surface area (Å²) >= 11 is 0. The van der Waals surface area contributed by atoms with Crippen molar-refractivity contribution in [2.24, 2.45) is 0 Å². The summed E-state index contributed by atoms with van der Waals surface area (Å²) in [6.45, 7) is 4.91. The molecule has 1 unspecified atom stereocenters. The average Bonchev–Trinajstić information content (AvgIpc) is 2.47. The Morgan fingerprint density at radius 3 is 2.76 bits per heavy atom. The van der Waals surface area contributed by atoms with E-state index in [1.165, 1.54) is 25.2 Å². The van der Waals surface area contributed by atoms with Crippen LogP contribution in [0.25, 0.3) is 0 Å². The van der Waals surface area contributed by atoms with Gasteiger partial charge in [0.25, 0.3) is 11.6 Å². The van der Waals surface area contributed by atoms with E-state index in [9.17, 15) is 14.9 Å². The molecule has 0 fully saturated rings. The number of rotatable bonds is 8. The van der Waals surface area contributed by atoms with Crippen LogP contribution in [0.2, 0.25) is 0 Å². The number of nitrogens with zero attached hydrogens (tertiary/aromatic N) is 1. The lowest BCUT2D eigenvalue weighted by Gasteiger charge is -2.16. The topological polar surface area (TPSA) is 93.5 Å². The Labute approximate surface area is 123 Å². The highest BCUT2D eigenvalue weighted by atomic mass is 16.6. The fraction of sp³-hybridized carbons (Fsp3) is 0.500.